The fourth-order valence-corrected chi connectivity index (χ4v) is 8.37. The molecule has 3 amide bonds. The van der Waals surface area contributed by atoms with Crippen LogP contribution in [0.25, 0.3) is 0 Å². The van der Waals surface area contributed by atoms with E-state index in [1.54, 1.807) is 18.5 Å². The number of amides is 3. The summed E-state index contributed by atoms with van der Waals surface area (Å²) >= 11 is 10.9. The number of carbonyl (C=O) groups is 4. The second-order valence-corrected chi connectivity index (χ2v) is 13.8. The summed E-state index contributed by atoms with van der Waals surface area (Å²) < 4.78 is 0.0234. The third kappa shape index (κ3) is 7.36. The highest BCUT2D eigenvalue weighted by atomic mass is 35.5. The van der Waals surface area contributed by atoms with Crippen molar-refractivity contribution in [3.63, 3.8) is 0 Å². The molecule has 0 spiro atoms. The Balaban J connectivity index is 1.42. The molecule has 230 valence electrons. The maximum Gasteiger partial charge on any atom is 0.353 e. The number of fused-ring (bicyclic) bond motifs is 1. The van der Waals surface area contributed by atoms with Gasteiger partial charge in [-0.05, 0) is 11.6 Å². The molecule has 2 aromatic heterocycles. The van der Waals surface area contributed by atoms with E-state index in [1.165, 1.54) is 35.3 Å². The highest BCUT2D eigenvalue weighted by molar-refractivity contribution is 8.06. The van der Waals surface area contributed by atoms with E-state index >= 15 is 0 Å². The van der Waals surface area contributed by atoms with Gasteiger partial charge in [0.1, 0.15) is 33.2 Å². The normalized spacial score (nSPS) is 19.0. The van der Waals surface area contributed by atoms with Crippen LogP contribution in [0.4, 0.5) is 5.13 Å². The van der Waals surface area contributed by atoms with Crippen molar-refractivity contribution in [2.45, 2.75) is 28.1 Å². The van der Waals surface area contributed by atoms with Crippen molar-refractivity contribution in [3.8, 4) is 0 Å². The molecular weight excluding hydrogens is 664 g/mol. The summed E-state index contributed by atoms with van der Waals surface area (Å²) in [5, 5.41) is 35.8. The molecule has 1 saturated heterocycles. The van der Waals surface area contributed by atoms with Crippen molar-refractivity contribution in [1.82, 2.24) is 25.5 Å². The van der Waals surface area contributed by atoms with E-state index in [-0.39, 0.29) is 26.6 Å². The minimum atomic E-state index is -1.30. The maximum absolute atomic E-state index is 13.1. The number of rotatable bonds is 13. The molecule has 9 N–H and O–H groups in total. The number of oxime groups is 1. The molecule has 4 rings (SSSR count). The number of halogens is 1. The smallest absolute Gasteiger partial charge is 0.353 e. The number of carbonyl (C=O) groups excluding carboxylic acids is 3. The van der Waals surface area contributed by atoms with Crippen molar-refractivity contribution in [3.05, 3.63) is 44.7 Å². The number of aliphatic hydroxyl groups excluding tert-OH is 1. The Hall–Kier alpha value is -3.07. The first-order chi connectivity index (χ1) is 20.6. The molecule has 3 atom stereocenters. The number of nitrogens with one attached hydrogen (secondary N) is 2. The van der Waals surface area contributed by atoms with Gasteiger partial charge in [0.15, 0.2) is 10.8 Å². The van der Waals surface area contributed by atoms with Gasteiger partial charge in [-0.2, -0.15) is 11.8 Å². The summed E-state index contributed by atoms with van der Waals surface area (Å²) in [4.78, 5) is 60.3. The van der Waals surface area contributed by atoms with E-state index in [1.807, 2.05) is 0 Å². The van der Waals surface area contributed by atoms with Gasteiger partial charge in [-0.3, -0.25) is 24.3 Å². The van der Waals surface area contributed by atoms with Crippen molar-refractivity contribution < 1.29 is 34.6 Å². The van der Waals surface area contributed by atoms with Crippen LogP contribution in [-0.4, -0.2) is 102 Å². The molecule has 0 unspecified atom stereocenters. The number of pyridine rings is 1. The van der Waals surface area contributed by atoms with Gasteiger partial charge < -0.3 is 37.5 Å². The average Bonchev–Trinajstić information content (AvgIpc) is 3.32. The van der Waals surface area contributed by atoms with Crippen LogP contribution in [-0.2, 0) is 24.9 Å². The third-order valence-electron chi connectivity index (χ3n) is 5.99. The molecule has 0 bridgehead atoms. The molecule has 0 aromatic carbocycles. The Kier molecular flexibility index (Phi) is 11.2. The molecule has 2 aliphatic heterocycles. The lowest BCUT2D eigenvalue weighted by atomic mass is 10.0. The highest BCUT2D eigenvalue weighted by Crippen LogP contribution is 2.46. The number of anilines is 1. The molecule has 2 aliphatic rings. The SMILES string of the molecule is Nc1nc(/C(=N/O)C(=O)N[C@@H]2C(=O)N3C(C(=O)O)=C(Sc4ccncc4CSCCNC(=O)[C@@H](N)CO)CS[C@@H]23)c(Cl)s1. The number of thioether (sulfide) groups is 3. The number of aromatic nitrogens is 2. The second kappa shape index (κ2) is 14.6. The number of nitrogen functional groups attached to an aromatic ring is 1. The van der Waals surface area contributed by atoms with Crippen LogP contribution in [0.2, 0.25) is 4.34 Å². The zero-order chi connectivity index (χ0) is 31.3. The van der Waals surface area contributed by atoms with Gasteiger partial charge in [-0.15, -0.1) is 11.8 Å². The molecule has 1 fully saturated rings. The van der Waals surface area contributed by atoms with Crippen LogP contribution in [0.15, 0.2) is 39.1 Å². The number of nitrogens with zero attached hydrogens (tertiary/aromatic N) is 4. The average molecular weight is 689 g/mol. The Morgan fingerprint density at radius 2 is 2.12 bits per heavy atom. The zero-order valence-electron chi connectivity index (χ0n) is 21.9. The number of aliphatic carboxylic acids is 1. The summed E-state index contributed by atoms with van der Waals surface area (Å²) in [5.74, 6) is -1.99. The summed E-state index contributed by atoms with van der Waals surface area (Å²) in [6.07, 6.45) is 3.24. The van der Waals surface area contributed by atoms with Gasteiger partial charge >= 0.3 is 5.97 Å². The fraction of sp³-hybridized carbons (Fsp3) is 0.348. The highest BCUT2D eigenvalue weighted by Gasteiger charge is 2.54. The van der Waals surface area contributed by atoms with Gasteiger partial charge in [-0.25, -0.2) is 9.78 Å². The number of β-lactam (4-membered cyclic amide) rings is 1. The molecule has 20 heteroatoms. The molecule has 43 heavy (non-hydrogen) atoms. The molecule has 0 saturated carbocycles. The van der Waals surface area contributed by atoms with Crippen molar-refractivity contribution in [2.75, 3.05) is 30.4 Å². The van der Waals surface area contributed by atoms with Crippen LogP contribution in [0.3, 0.4) is 0 Å². The first-order valence-electron chi connectivity index (χ1n) is 12.3. The zero-order valence-corrected chi connectivity index (χ0v) is 26.0. The molecular formula is C23H25ClN8O7S4. The minimum absolute atomic E-state index is 0.0234. The van der Waals surface area contributed by atoms with Crippen LogP contribution < -0.4 is 22.1 Å². The molecule has 4 heterocycles. The number of thiazole rings is 1. The first-order valence-corrected chi connectivity index (χ1v) is 16.5. The lowest BCUT2D eigenvalue weighted by Crippen LogP contribution is -2.71. The lowest BCUT2D eigenvalue weighted by molar-refractivity contribution is -0.150. The van der Waals surface area contributed by atoms with Gasteiger partial charge in [0, 0.05) is 46.0 Å². The van der Waals surface area contributed by atoms with E-state index in [4.69, 9.17) is 28.2 Å². The number of nitrogens with two attached hydrogens (primary N) is 2. The molecule has 15 nitrogen and oxygen atoms in total. The van der Waals surface area contributed by atoms with Gasteiger partial charge in [0.25, 0.3) is 11.8 Å². The second-order valence-electron chi connectivity index (χ2n) is 8.78. The van der Waals surface area contributed by atoms with E-state index in [0.717, 1.165) is 26.7 Å². The van der Waals surface area contributed by atoms with Crippen LogP contribution in [0.1, 0.15) is 11.3 Å². The quantitative estimate of drug-likeness (QED) is 0.0485. The number of hydrogen-bond donors (Lipinski definition) is 7. The van der Waals surface area contributed by atoms with Crippen LogP contribution in [0, 0.1) is 0 Å². The number of hydrogen-bond acceptors (Lipinski definition) is 15. The number of aliphatic hydroxyl groups is 1. The minimum Gasteiger partial charge on any atom is -0.477 e. The van der Waals surface area contributed by atoms with E-state index in [9.17, 15) is 29.5 Å². The fourth-order valence-electron chi connectivity index (χ4n) is 3.94. The van der Waals surface area contributed by atoms with Crippen LogP contribution >= 0.6 is 58.2 Å². The van der Waals surface area contributed by atoms with Gasteiger partial charge in [-0.1, -0.05) is 39.9 Å². The van der Waals surface area contributed by atoms with Gasteiger partial charge in [0.2, 0.25) is 5.91 Å². The number of carboxylic acids is 1. The summed E-state index contributed by atoms with van der Waals surface area (Å²) in [6, 6.07) is -0.306. The van der Waals surface area contributed by atoms with Gasteiger partial charge in [0.05, 0.1) is 6.61 Å². The van der Waals surface area contributed by atoms with E-state index in [0.29, 0.717) is 23.0 Å². The standard InChI is InChI=1S/C23H25ClN8O7S4/c24-17-13(30-23(26)43-17)14(31-39)19(35)29-15-20(36)32-16(22(37)38)12(8-41-21(15)32)42-11-1-2-27-5-9(11)7-40-4-3-28-18(34)10(25)6-33/h1-2,5,10,15,21,33,39H,3-4,6-8,25H2,(H2,26,30)(H,28,34)(H,29,35)(H,37,38)/b31-14-/t10-,15+,21-/m0/s1. The molecule has 0 radical (unpaired) electrons. The largest absolute Gasteiger partial charge is 0.477 e. The predicted molar refractivity (Wildman–Crippen MR) is 164 cm³/mol. The predicted octanol–water partition coefficient (Wildman–Crippen LogP) is 0.109. The summed E-state index contributed by atoms with van der Waals surface area (Å²) in [7, 11) is 0. The van der Waals surface area contributed by atoms with Crippen molar-refractivity contribution in [1.29, 1.82) is 0 Å². The molecule has 2 aromatic rings. The van der Waals surface area contributed by atoms with Crippen LogP contribution in [0.5, 0.6) is 0 Å². The molecule has 0 aliphatic carbocycles. The van der Waals surface area contributed by atoms with E-state index < -0.39 is 53.5 Å². The maximum atomic E-state index is 13.1. The first kappa shape index (κ1) is 32.8. The topological polar surface area (TPSA) is 246 Å². The van der Waals surface area contributed by atoms with Crippen molar-refractivity contribution >= 4 is 92.8 Å². The summed E-state index contributed by atoms with van der Waals surface area (Å²) in [6.45, 7) is -0.101. The Morgan fingerprint density at radius 3 is 2.77 bits per heavy atom. The van der Waals surface area contributed by atoms with Crippen molar-refractivity contribution in [2.24, 2.45) is 10.9 Å². The third-order valence-corrected chi connectivity index (χ3v) is 10.7. The Morgan fingerprint density at radius 1 is 1.35 bits per heavy atom. The monoisotopic (exact) mass is 688 g/mol. The Labute approximate surface area is 265 Å². The lowest BCUT2D eigenvalue weighted by Gasteiger charge is -2.49. The Bertz CT molecular complexity index is 1490. The van der Waals surface area contributed by atoms with E-state index in [2.05, 4.69) is 25.8 Å². The number of carboxylic acid groups (broad SMARTS) is 1. The summed E-state index contributed by atoms with van der Waals surface area (Å²) in [5.41, 5.74) is 11.0.